The second-order valence-corrected chi connectivity index (χ2v) is 6.42. The third-order valence-electron chi connectivity index (χ3n) is 5.06. The number of fused-ring (bicyclic) bond motifs is 1. The Kier molecular flexibility index (Phi) is 6.79. The molecule has 0 bridgehead atoms. The average Bonchev–Trinajstić information content (AvgIpc) is 2.83. The maximum absolute atomic E-state index is 12.5. The van der Waals surface area contributed by atoms with E-state index in [4.69, 9.17) is 5.73 Å². The maximum Gasteiger partial charge on any atom is 0.273 e. The van der Waals surface area contributed by atoms with Crippen LogP contribution in [0.25, 0.3) is 11.0 Å². The van der Waals surface area contributed by atoms with Gasteiger partial charge in [-0.1, -0.05) is 13.8 Å². The summed E-state index contributed by atoms with van der Waals surface area (Å²) in [6, 6.07) is 0. The first-order chi connectivity index (χ1) is 11.3. The fourth-order valence-electron chi connectivity index (χ4n) is 3.18. The van der Waals surface area contributed by atoms with Gasteiger partial charge in [-0.2, -0.15) is 0 Å². The molecule has 0 aliphatic heterocycles. The monoisotopic (exact) mass is 369 g/mol. The molecule has 2 heterocycles. The number of H-pyrrole nitrogens is 1. The molecule has 1 amide bonds. The molecule has 0 fully saturated rings. The predicted molar refractivity (Wildman–Crippen MR) is 102 cm³/mol. The number of nitrogens with zero attached hydrogens (tertiary/aromatic N) is 2. The van der Waals surface area contributed by atoms with Crippen LogP contribution in [-0.2, 0) is 18.3 Å². The van der Waals surface area contributed by atoms with Crippen molar-refractivity contribution < 1.29 is 4.79 Å². The van der Waals surface area contributed by atoms with Gasteiger partial charge in [0.05, 0.1) is 17.3 Å². The normalized spacial score (nSPS) is 11.4. The van der Waals surface area contributed by atoms with Crippen LogP contribution in [0.15, 0.2) is 4.79 Å². The van der Waals surface area contributed by atoms with Crippen molar-refractivity contribution in [3.05, 3.63) is 27.2 Å². The van der Waals surface area contributed by atoms with E-state index in [1.807, 2.05) is 27.7 Å². The maximum atomic E-state index is 12.5. The second kappa shape index (κ2) is 8.01. The summed E-state index contributed by atoms with van der Waals surface area (Å²) in [5.74, 6) is -0.0936. The summed E-state index contributed by atoms with van der Waals surface area (Å²) in [5.41, 5.74) is 8.27. The number of aryl methyl sites for hydroxylation is 3. The van der Waals surface area contributed by atoms with E-state index < -0.39 is 0 Å². The smallest absolute Gasteiger partial charge is 0.273 e. The minimum absolute atomic E-state index is 0. The van der Waals surface area contributed by atoms with E-state index in [-0.39, 0.29) is 35.8 Å². The number of rotatable bonds is 6. The summed E-state index contributed by atoms with van der Waals surface area (Å²) in [7, 11) is 1.75. The SMILES string of the molecule is CCC(CC)(CN)NC(=O)Cc1c(C)nc2c(c1C)c(=O)[nH]n2C.Cl. The molecule has 0 aliphatic rings. The molecule has 8 heteroatoms. The summed E-state index contributed by atoms with van der Waals surface area (Å²) in [4.78, 5) is 29.1. The Morgan fingerprint density at radius 1 is 1.32 bits per heavy atom. The molecule has 7 nitrogen and oxygen atoms in total. The lowest BCUT2D eigenvalue weighted by Crippen LogP contribution is -2.53. The minimum Gasteiger partial charge on any atom is -0.349 e. The van der Waals surface area contributed by atoms with Crippen molar-refractivity contribution in [1.29, 1.82) is 0 Å². The number of carbonyl (C=O) groups is 1. The number of halogens is 1. The van der Waals surface area contributed by atoms with Gasteiger partial charge in [0, 0.05) is 19.3 Å². The molecule has 0 aliphatic carbocycles. The zero-order chi connectivity index (χ0) is 18.1. The fraction of sp³-hybridized carbons (Fsp3) is 0.588. The van der Waals surface area contributed by atoms with Crippen molar-refractivity contribution in [1.82, 2.24) is 20.1 Å². The van der Waals surface area contributed by atoms with Crippen LogP contribution in [0.1, 0.15) is 43.5 Å². The van der Waals surface area contributed by atoms with Crippen molar-refractivity contribution in [3.63, 3.8) is 0 Å². The number of aromatic nitrogens is 3. The molecule has 2 aromatic rings. The molecule has 0 aromatic carbocycles. The van der Waals surface area contributed by atoms with Gasteiger partial charge in [-0.3, -0.25) is 19.4 Å². The number of amides is 1. The summed E-state index contributed by atoms with van der Waals surface area (Å²) < 4.78 is 1.61. The van der Waals surface area contributed by atoms with Gasteiger partial charge in [-0.15, -0.1) is 12.4 Å². The van der Waals surface area contributed by atoms with E-state index in [1.165, 1.54) is 0 Å². The average molecular weight is 370 g/mol. The van der Waals surface area contributed by atoms with Crippen molar-refractivity contribution in [2.75, 3.05) is 6.54 Å². The highest BCUT2D eigenvalue weighted by Gasteiger charge is 2.27. The molecule has 0 unspecified atom stereocenters. The van der Waals surface area contributed by atoms with Crippen molar-refractivity contribution in [2.45, 2.75) is 52.5 Å². The molecule has 0 radical (unpaired) electrons. The standard InChI is InChI=1S/C17H27N5O2.ClH/c1-6-17(7-2,9-18)20-13(23)8-12-10(3)14-15(19-11(12)4)22(5)21-16(14)24;/h6-9,18H2,1-5H3,(H,20,23)(H,21,24);1H. The van der Waals surface area contributed by atoms with Crippen molar-refractivity contribution >= 4 is 29.3 Å². The van der Waals surface area contributed by atoms with Crippen LogP contribution in [0.4, 0.5) is 0 Å². The van der Waals surface area contributed by atoms with Gasteiger partial charge in [0.15, 0.2) is 5.65 Å². The van der Waals surface area contributed by atoms with Crippen molar-refractivity contribution in [2.24, 2.45) is 12.8 Å². The Hall–Kier alpha value is -1.86. The summed E-state index contributed by atoms with van der Waals surface area (Å²) in [6.45, 7) is 8.17. The number of carbonyl (C=O) groups excluding carboxylic acids is 1. The van der Waals surface area contributed by atoms with Crippen LogP contribution in [0.3, 0.4) is 0 Å². The third-order valence-corrected chi connectivity index (χ3v) is 5.06. The summed E-state index contributed by atoms with van der Waals surface area (Å²) >= 11 is 0. The van der Waals surface area contributed by atoms with Crippen LogP contribution >= 0.6 is 12.4 Å². The van der Waals surface area contributed by atoms with Gasteiger partial charge < -0.3 is 11.1 Å². The second-order valence-electron chi connectivity index (χ2n) is 6.42. The van der Waals surface area contributed by atoms with Gasteiger partial charge in [0.25, 0.3) is 5.56 Å². The van der Waals surface area contributed by atoms with Gasteiger partial charge >= 0.3 is 0 Å². The molecule has 2 rings (SSSR count). The zero-order valence-electron chi connectivity index (χ0n) is 15.5. The number of hydrogen-bond acceptors (Lipinski definition) is 4. The topological polar surface area (TPSA) is 106 Å². The molecule has 2 aromatic heterocycles. The Morgan fingerprint density at radius 2 is 1.92 bits per heavy atom. The number of hydrogen-bond donors (Lipinski definition) is 3. The van der Waals surface area contributed by atoms with Crippen LogP contribution in [-0.4, -0.2) is 32.8 Å². The fourth-order valence-corrected chi connectivity index (χ4v) is 3.18. The first-order valence-electron chi connectivity index (χ1n) is 8.34. The molecule has 0 spiro atoms. The number of nitrogens with two attached hydrogens (primary N) is 1. The van der Waals surface area contributed by atoms with Gasteiger partial charge in [-0.05, 0) is 37.8 Å². The molecular formula is C17H28ClN5O2. The quantitative estimate of drug-likeness (QED) is 0.716. The Bertz CT molecular complexity index is 812. The van der Waals surface area contributed by atoms with Crippen molar-refractivity contribution in [3.8, 4) is 0 Å². The summed E-state index contributed by atoms with van der Waals surface area (Å²) in [5, 5.41) is 6.32. The van der Waals surface area contributed by atoms with E-state index in [2.05, 4.69) is 15.4 Å². The predicted octanol–water partition coefficient (Wildman–Crippen LogP) is 1.48. The van der Waals surface area contributed by atoms with E-state index in [1.54, 1.807) is 11.7 Å². The largest absolute Gasteiger partial charge is 0.349 e. The summed E-state index contributed by atoms with van der Waals surface area (Å²) in [6.07, 6.45) is 1.75. The van der Waals surface area contributed by atoms with E-state index >= 15 is 0 Å². The lowest BCUT2D eigenvalue weighted by molar-refractivity contribution is -0.122. The van der Waals surface area contributed by atoms with Gasteiger partial charge in [0.1, 0.15) is 0 Å². The Labute approximate surface area is 153 Å². The Morgan fingerprint density at radius 3 is 2.44 bits per heavy atom. The van der Waals surface area contributed by atoms with E-state index in [0.717, 1.165) is 29.7 Å². The van der Waals surface area contributed by atoms with Crippen LogP contribution in [0, 0.1) is 13.8 Å². The third kappa shape index (κ3) is 3.88. The number of pyridine rings is 1. The molecule has 0 saturated carbocycles. The number of nitrogens with one attached hydrogen (secondary N) is 2. The first kappa shape index (κ1) is 21.2. The molecule has 0 saturated heterocycles. The lowest BCUT2D eigenvalue weighted by Gasteiger charge is -2.31. The highest BCUT2D eigenvalue weighted by Crippen LogP contribution is 2.21. The Balaban J connectivity index is 0.00000312. The van der Waals surface area contributed by atoms with Crippen LogP contribution in [0.2, 0.25) is 0 Å². The minimum atomic E-state index is -0.374. The number of aromatic amines is 1. The molecule has 140 valence electrons. The lowest BCUT2D eigenvalue weighted by atomic mass is 9.92. The van der Waals surface area contributed by atoms with E-state index in [9.17, 15) is 9.59 Å². The molecule has 25 heavy (non-hydrogen) atoms. The zero-order valence-corrected chi connectivity index (χ0v) is 16.3. The molecule has 0 atom stereocenters. The van der Waals surface area contributed by atoms with Crippen LogP contribution < -0.4 is 16.6 Å². The van der Waals surface area contributed by atoms with Crippen LogP contribution in [0.5, 0.6) is 0 Å². The molecular weight excluding hydrogens is 342 g/mol. The highest BCUT2D eigenvalue weighted by atomic mass is 35.5. The first-order valence-corrected chi connectivity index (χ1v) is 8.34. The van der Waals surface area contributed by atoms with Gasteiger partial charge in [0.2, 0.25) is 5.91 Å². The molecule has 4 N–H and O–H groups in total. The van der Waals surface area contributed by atoms with E-state index in [0.29, 0.717) is 17.6 Å². The highest BCUT2D eigenvalue weighted by molar-refractivity contribution is 5.85. The van der Waals surface area contributed by atoms with Gasteiger partial charge in [-0.25, -0.2) is 4.98 Å².